The highest BCUT2D eigenvalue weighted by Crippen LogP contribution is 2.22. The standard InChI is InChI=1S/C17H20ClN3O2S/c1-10(2)9-19-17(23)16-11(3)20-15(24-16)8-14(22)21-13-7-5-4-6-12(13)18/h4-7,10H,8-9H2,1-3H3,(H,19,23)(H,21,22). The van der Waals surface area contributed by atoms with E-state index in [1.54, 1.807) is 31.2 Å². The van der Waals surface area contributed by atoms with Crippen molar-refractivity contribution in [2.45, 2.75) is 27.2 Å². The maximum absolute atomic E-state index is 12.1. The molecule has 0 aliphatic heterocycles. The second-order valence-corrected chi connectivity index (χ2v) is 7.32. The van der Waals surface area contributed by atoms with Crippen molar-refractivity contribution >= 4 is 40.4 Å². The van der Waals surface area contributed by atoms with Crippen LogP contribution in [0.2, 0.25) is 5.02 Å². The van der Waals surface area contributed by atoms with Crippen LogP contribution in [-0.4, -0.2) is 23.3 Å². The highest BCUT2D eigenvalue weighted by atomic mass is 35.5. The monoisotopic (exact) mass is 365 g/mol. The molecule has 5 nitrogen and oxygen atoms in total. The van der Waals surface area contributed by atoms with Crippen LogP contribution in [0.4, 0.5) is 5.69 Å². The first-order chi connectivity index (χ1) is 11.4. The summed E-state index contributed by atoms with van der Waals surface area (Å²) in [5, 5.41) is 6.70. The lowest BCUT2D eigenvalue weighted by Gasteiger charge is -2.06. The molecule has 0 atom stereocenters. The summed E-state index contributed by atoms with van der Waals surface area (Å²) in [6.07, 6.45) is 0.105. The van der Waals surface area contributed by atoms with Gasteiger partial charge in [0.2, 0.25) is 5.91 Å². The topological polar surface area (TPSA) is 71.1 Å². The zero-order valence-corrected chi connectivity index (χ0v) is 15.4. The van der Waals surface area contributed by atoms with Crippen LogP contribution in [0.15, 0.2) is 24.3 Å². The lowest BCUT2D eigenvalue weighted by Crippen LogP contribution is -2.27. The Morgan fingerprint density at radius 1 is 1.29 bits per heavy atom. The summed E-state index contributed by atoms with van der Waals surface area (Å²) in [5.41, 5.74) is 1.20. The van der Waals surface area contributed by atoms with Crippen molar-refractivity contribution in [3.05, 3.63) is 44.9 Å². The van der Waals surface area contributed by atoms with Crippen LogP contribution in [0.1, 0.15) is 34.2 Å². The van der Waals surface area contributed by atoms with E-state index in [2.05, 4.69) is 15.6 Å². The van der Waals surface area contributed by atoms with Gasteiger partial charge < -0.3 is 10.6 Å². The van der Waals surface area contributed by atoms with E-state index in [-0.39, 0.29) is 18.2 Å². The first-order valence-electron chi connectivity index (χ1n) is 7.65. The fourth-order valence-electron chi connectivity index (χ4n) is 2.01. The maximum atomic E-state index is 12.1. The average Bonchev–Trinajstić information content (AvgIpc) is 2.87. The van der Waals surface area contributed by atoms with Gasteiger partial charge in [-0.05, 0) is 25.0 Å². The van der Waals surface area contributed by atoms with Crippen LogP contribution >= 0.6 is 22.9 Å². The summed E-state index contributed by atoms with van der Waals surface area (Å²) in [6.45, 7) is 6.45. The summed E-state index contributed by atoms with van der Waals surface area (Å²) < 4.78 is 0. The highest BCUT2D eigenvalue weighted by molar-refractivity contribution is 7.13. The minimum Gasteiger partial charge on any atom is -0.351 e. The largest absolute Gasteiger partial charge is 0.351 e. The Bertz CT molecular complexity index is 743. The Kier molecular flexibility index (Phi) is 6.34. The van der Waals surface area contributed by atoms with Crippen molar-refractivity contribution in [3.63, 3.8) is 0 Å². The van der Waals surface area contributed by atoms with Gasteiger partial charge in [-0.3, -0.25) is 9.59 Å². The van der Waals surface area contributed by atoms with Gasteiger partial charge in [0.05, 0.1) is 22.8 Å². The smallest absolute Gasteiger partial charge is 0.263 e. The number of amides is 2. The third-order valence-corrected chi connectivity index (χ3v) is 4.66. The molecule has 24 heavy (non-hydrogen) atoms. The number of para-hydroxylation sites is 1. The number of thiazole rings is 1. The van der Waals surface area contributed by atoms with Crippen molar-refractivity contribution in [2.75, 3.05) is 11.9 Å². The number of hydrogen-bond donors (Lipinski definition) is 2. The number of nitrogens with one attached hydrogen (secondary N) is 2. The fourth-order valence-corrected chi connectivity index (χ4v) is 3.17. The molecule has 7 heteroatoms. The maximum Gasteiger partial charge on any atom is 0.263 e. The predicted octanol–water partition coefficient (Wildman–Crippen LogP) is 3.67. The summed E-state index contributed by atoms with van der Waals surface area (Å²) in [5.74, 6) is 0.0190. The van der Waals surface area contributed by atoms with E-state index < -0.39 is 0 Å². The van der Waals surface area contributed by atoms with E-state index >= 15 is 0 Å². The number of nitrogens with zero attached hydrogens (tertiary/aromatic N) is 1. The van der Waals surface area contributed by atoms with Crippen LogP contribution in [0.5, 0.6) is 0 Å². The van der Waals surface area contributed by atoms with Crippen molar-refractivity contribution in [1.29, 1.82) is 0 Å². The Morgan fingerprint density at radius 2 is 2.00 bits per heavy atom. The Hall–Kier alpha value is -1.92. The number of aromatic nitrogens is 1. The molecule has 0 radical (unpaired) electrons. The molecular weight excluding hydrogens is 346 g/mol. The van der Waals surface area contributed by atoms with E-state index in [0.29, 0.717) is 38.8 Å². The summed E-state index contributed by atoms with van der Waals surface area (Å²) in [6, 6.07) is 7.04. The van der Waals surface area contributed by atoms with Gasteiger partial charge in [0, 0.05) is 6.54 Å². The molecule has 2 aromatic rings. The minimum atomic E-state index is -0.217. The van der Waals surface area contributed by atoms with Gasteiger partial charge in [-0.15, -0.1) is 11.3 Å². The second-order valence-electron chi connectivity index (χ2n) is 5.83. The number of rotatable bonds is 6. The Labute approximate surface area is 150 Å². The number of benzene rings is 1. The molecule has 0 saturated heterocycles. The van der Waals surface area contributed by atoms with Crippen LogP contribution < -0.4 is 10.6 Å². The summed E-state index contributed by atoms with van der Waals surface area (Å²) in [4.78, 5) is 29.2. The number of carbonyl (C=O) groups excluding carboxylic acids is 2. The third kappa shape index (κ3) is 5.04. The molecule has 1 aromatic heterocycles. The van der Waals surface area contributed by atoms with Crippen LogP contribution in [-0.2, 0) is 11.2 Å². The molecule has 0 fully saturated rings. The lowest BCUT2D eigenvalue weighted by molar-refractivity contribution is -0.115. The second kappa shape index (κ2) is 8.26. The molecule has 0 saturated carbocycles. The molecule has 0 aliphatic rings. The molecule has 1 aromatic carbocycles. The number of aryl methyl sites for hydroxylation is 1. The molecule has 2 amide bonds. The zero-order chi connectivity index (χ0) is 17.7. The van der Waals surface area contributed by atoms with E-state index in [9.17, 15) is 9.59 Å². The van der Waals surface area contributed by atoms with Gasteiger partial charge >= 0.3 is 0 Å². The van der Waals surface area contributed by atoms with Gasteiger partial charge in [0.1, 0.15) is 9.88 Å². The predicted molar refractivity (Wildman–Crippen MR) is 97.8 cm³/mol. The summed E-state index contributed by atoms with van der Waals surface area (Å²) in [7, 11) is 0. The minimum absolute atomic E-state index is 0.105. The van der Waals surface area contributed by atoms with Crippen molar-refractivity contribution < 1.29 is 9.59 Å². The van der Waals surface area contributed by atoms with E-state index in [1.807, 2.05) is 13.8 Å². The first-order valence-corrected chi connectivity index (χ1v) is 8.85. The van der Waals surface area contributed by atoms with Crippen molar-refractivity contribution in [1.82, 2.24) is 10.3 Å². The quantitative estimate of drug-likeness (QED) is 0.820. The number of halogens is 1. The lowest BCUT2D eigenvalue weighted by atomic mass is 10.2. The SMILES string of the molecule is Cc1nc(CC(=O)Nc2ccccc2Cl)sc1C(=O)NCC(C)C. The number of anilines is 1. The van der Waals surface area contributed by atoms with Crippen molar-refractivity contribution in [2.24, 2.45) is 5.92 Å². The molecule has 0 aliphatic carbocycles. The summed E-state index contributed by atoms with van der Waals surface area (Å²) >= 11 is 7.27. The Morgan fingerprint density at radius 3 is 2.67 bits per heavy atom. The number of hydrogen-bond acceptors (Lipinski definition) is 4. The fraction of sp³-hybridized carbons (Fsp3) is 0.353. The van der Waals surface area contributed by atoms with Gasteiger partial charge in [-0.2, -0.15) is 0 Å². The van der Waals surface area contributed by atoms with E-state index in [0.717, 1.165) is 0 Å². The van der Waals surface area contributed by atoms with Gasteiger partial charge in [0.25, 0.3) is 5.91 Å². The van der Waals surface area contributed by atoms with Crippen LogP contribution in [0, 0.1) is 12.8 Å². The van der Waals surface area contributed by atoms with E-state index in [1.165, 1.54) is 11.3 Å². The molecule has 0 unspecified atom stereocenters. The normalized spacial score (nSPS) is 10.7. The van der Waals surface area contributed by atoms with Gasteiger partial charge in [0.15, 0.2) is 0 Å². The first kappa shape index (κ1) is 18.4. The zero-order valence-electron chi connectivity index (χ0n) is 13.9. The third-order valence-electron chi connectivity index (χ3n) is 3.18. The molecule has 2 N–H and O–H groups in total. The van der Waals surface area contributed by atoms with Crippen LogP contribution in [0.3, 0.4) is 0 Å². The van der Waals surface area contributed by atoms with Gasteiger partial charge in [-0.25, -0.2) is 4.98 Å². The molecule has 128 valence electrons. The Balaban J connectivity index is 2.00. The molecular formula is C17H20ClN3O2S. The number of carbonyl (C=O) groups is 2. The van der Waals surface area contributed by atoms with E-state index in [4.69, 9.17) is 11.6 Å². The van der Waals surface area contributed by atoms with Gasteiger partial charge in [-0.1, -0.05) is 37.6 Å². The molecule has 0 spiro atoms. The molecule has 1 heterocycles. The highest BCUT2D eigenvalue weighted by Gasteiger charge is 2.17. The van der Waals surface area contributed by atoms with Crippen molar-refractivity contribution in [3.8, 4) is 0 Å². The molecule has 0 bridgehead atoms. The molecule has 2 rings (SSSR count). The van der Waals surface area contributed by atoms with Crippen LogP contribution in [0.25, 0.3) is 0 Å². The average molecular weight is 366 g/mol.